The fourth-order valence-corrected chi connectivity index (χ4v) is 3.02. The van der Waals surface area contributed by atoms with Crippen LogP contribution in [0.3, 0.4) is 0 Å². The van der Waals surface area contributed by atoms with Crippen LogP contribution < -0.4 is 11.1 Å². The molecule has 178 valence electrons. The fourth-order valence-electron chi connectivity index (χ4n) is 3.02. The first-order chi connectivity index (χ1) is 15.7. The third kappa shape index (κ3) is 8.94. The van der Waals surface area contributed by atoms with Crippen molar-refractivity contribution in [1.29, 1.82) is 0 Å². The van der Waals surface area contributed by atoms with Crippen molar-refractivity contribution in [3.63, 3.8) is 0 Å². The van der Waals surface area contributed by atoms with E-state index >= 15 is 0 Å². The number of rotatable bonds is 9. The molecule has 2 rings (SSSR count). The molecule has 0 saturated carbocycles. The van der Waals surface area contributed by atoms with Crippen molar-refractivity contribution in [2.24, 2.45) is 5.73 Å². The van der Waals surface area contributed by atoms with Crippen LogP contribution in [0.25, 0.3) is 0 Å². The maximum absolute atomic E-state index is 13.1. The molecule has 0 spiro atoms. The van der Waals surface area contributed by atoms with Crippen LogP contribution in [0.1, 0.15) is 44.7 Å². The summed E-state index contributed by atoms with van der Waals surface area (Å²) in [5.41, 5.74) is 6.42. The average Bonchev–Trinajstić information content (AvgIpc) is 2.78. The van der Waals surface area contributed by atoms with Gasteiger partial charge >= 0.3 is 12.2 Å². The Morgan fingerprint density at radius 2 is 1.52 bits per heavy atom. The summed E-state index contributed by atoms with van der Waals surface area (Å²) in [6, 6.07) is 17.3. The highest BCUT2D eigenvalue weighted by Crippen LogP contribution is 2.17. The fraction of sp³-hybridized carbons (Fsp3) is 0.400. The smallest absolute Gasteiger partial charge is 0.420 e. The molecule has 8 nitrogen and oxygen atoms in total. The average molecular weight is 456 g/mol. The molecule has 0 saturated heterocycles. The zero-order valence-corrected chi connectivity index (χ0v) is 19.5. The van der Waals surface area contributed by atoms with Gasteiger partial charge in [-0.05, 0) is 51.3 Å². The highest BCUT2D eigenvalue weighted by molar-refractivity contribution is 5.95. The largest absolute Gasteiger partial charge is 0.444 e. The summed E-state index contributed by atoms with van der Waals surface area (Å²) in [6.45, 7) is 5.55. The van der Waals surface area contributed by atoms with E-state index in [1.54, 1.807) is 32.9 Å². The molecule has 0 aliphatic carbocycles. The van der Waals surface area contributed by atoms with E-state index in [2.05, 4.69) is 5.32 Å². The van der Waals surface area contributed by atoms with Gasteiger partial charge in [0, 0.05) is 6.54 Å². The number of benzene rings is 2. The highest BCUT2D eigenvalue weighted by atomic mass is 16.6. The minimum Gasteiger partial charge on any atom is -0.444 e. The number of hydrogen-bond donors (Lipinski definition) is 2. The van der Waals surface area contributed by atoms with Gasteiger partial charge in [0.1, 0.15) is 18.2 Å². The highest BCUT2D eigenvalue weighted by Gasteiger charge is 2.38. The first kappa shape index (κ1) is 25.9. The standard InChI is InChI=1S/C25H33N3O5/c1-25(2,3)33-24(31)28(23(30)32-18-20-13-8-5-9-14-20)21(15-10-16-26)22(29)27-17-19-11-6-4-7-12-19/h4-9,11-14,21H,10,15-18,26H2,1-3H3,(H,27,29)/t21-/m1/s1. The molecule has 3 N–H and O–H groups in total. The zero-order valence-electron chi connectivity index (χ0n) is 19.5. The van der Waals surface area contributed by atoms with Crippen molar-refractivity contribution in [3.8, 4) is 0 Å². The van der Waals surface area contributed by atoms with Gasteiger partial charge in [0.15, 0.2) is 0 Å². The number of nitrogens with zero attached hydrogens (tertiary/aromatic N) is 1. The number of hydrogen-bond acceptors (Lipinski definition) is 6. The summed E-state index contributed by atoms with van der Waals surface area (Å²) in [5.74, 6) is -0.491. The molecule has 0 aliphatic rings. The van der Waals surface area contributed by atoms with Gasteiger partial charge in [-0.1, -0.05) is 60.7 Å². The molecule has 0 bridgehead atoms. The van der Waals surface area contributed by atoms with Crippen LogP contribution in [0.5, 0.6) is 0 Å². The normalized spacial score (nSPS) is 11.9. The summed E-state index contributed by atoms with van der Waals surface area (Å²) >= 11 is 0. The van der Waals surface area contributed by atoms with Gasteiger partial charge in [0.05, 0.1) is 0 Å². The van der Waals surface area contributed by atoms with Crippen molar-refractivity contribution < 1.29 is 23.9 Å². The van der Waals surface area contributed by atoms with Crippen molar-refractivity contribution in [2.45, 2.75) is 58.4 Å². The molecule has 2 aromatic rings. The van der Waals surface area contributed by atoms with Crippen LogP contribution in [0.2, 0.25) is 0 Å². The lowest BCUT2D eigenvalue weighted by atomic mass is 10.1. The number of carbonyl (C=O) groups is 3. The number of carbonyl (C=O) groups excluding carboxylic acids is 3. The van der Waals surface area contributed by atoms with E-state index in [1.165, 1.54) is 0 Å². The Morgan fingerprint density at radius 3 is 2.06 bits per heavy atom. The molecule has 0 unspecified atom stereocenters. The van der Waals surface area contributed by atoms with E-state index in [0.29, 0.717) is 13.0 Å². The number of nitrogens with one attached hydrogen (secondary N) is 1. The Kier molecular flexibility index (Phi) is 9.87. The van der Waals surface area contributed by atoms with Crippen molar-refractivity contribution in [3.05, 3.63) is 71.8 Å². The first-order valence-electron chi connectivity index (χ1n) is 11.0. The summed E-state index contributed by atoms with van der Waals surface area (Å²) in [5, 5.41) is 2.80. The molecule has 1 atom stereocenters. The number of ether oxygens (including phenoxy) is 2. The quantitative estimate of drug-likeness (QED) is 0.592. The van der Waals surface area contributed by atoms with E-state index < -0.39 is 29.7 Å². The zero-order chi connectivity index (χ0) is 24.3. The van der Waals surface area contributed by atoms with E-state index in [1.807, 2.05) is 48.5 Å². The SMILES string of the molecule is CC(C)(C)OC(=O)N(C(=O)OCc1ccccc1)[C@H](CCCN)C(=O)NCc1ccccc1. The van der Waals surface area contributed by atoms with Gasteiger partial charge in [-0.25, -0.2) is 9.59 Å². The van der Waals surface area contributed by atoms with Crippen molar-refractivity contribution >= 4 is 18.1 Å². The van der Waals surface area contributed by atoms with Gasteiger partial charge < -0.3 is 20.5 Å². The second kappa shape index (κ2) is 12.6. The number of imide groups is 1. The molecule has 8 heteroatoms. The lowest BCUT2D eigenvalue weighted by Gasteiger charge is -2.30. The van der Waals surface area contributed by atoms with Crippen molar-refractivity contribution in [1.82, 2.24) is 10.2 Å². The molecule has 0 heterocycles. The predicted octanol–water partition coefficient (Wildman–Crippen LogP) is 3.98. The molecule has 2 aromatic carbocycles. The van der Waals surface area contributed by atoms with Crippen LogP contribution in [-0.2, 0) is 27.4 Å². The van der Waals surface area contributed by atoms with Crippen LogP contribution in [-0.4, -0.2) is 41.2 Å². The predicted molar refractivity (Wildman–Crippen MR) is 125 cm³/mol. The minimum absolute atomic E-state index is 0.0474. The van der Waals surface area contributed by atoms with E-state index in [9.17, 15) is 14.4 Å². The minimum atomic E-state index is -1.13. The van der Waals surface area contributed by atoms with Gasteiger partial charge in [-0.15, -0.1) is 0 Å². The third-order valence-corrected chi connectivity index (χ3v) is 4.60. The molecular formula is C25H33N3O5. The van der Waals surface area contributed by atoms with E-state index in [-0.39, 0.29) is 19.6 Å². The van der Waals surface area contributed by atoms with Crippen LogP contribution in [0.15, 0.2) is 60.7 Å². The van der Waals surface area contributed by atoms with E-state index in [0.717, 1.165) is 16.0 Å². The van der Waals surface area contributed by atoms with Crippen molar-refractivity contribution in [2.75, 3.05) is 6.54 Å². The summed E-state index contributed by atoms with van der Waals surface area (Å²) in [4.78, 5) is 39.9. The maximum atomic E-state index is 13.1. The number of nitrogens with two attached hydrogens (primary N) is 1. The lowest BCUT2D eigenvalue weighted by molar-refractivity contribution is -0.126. The summed E-state index contributed by atoms with van der Waals surface area (Å²) < 4.78 is 10.8. The summed E-state index contributed by atoms with van der Waals surface area (Å²) in [6.07, 6.45) is -1.30. The molecule has 0 aromatic heterocycles. The van der Waals surface area contributed by atoms with Crippen LogP contribution >= 0.6 is 0 Å². The Bertz CT molecular complexity index is 897. The Hall–Kier alpha value is -3.39. The van der Waals surface area contributed by atoms with Gasteiger partial charge in [0.25, 0.3) is 0 Å². The van der Waals surface area contributed by atoms with Crippen LogP contribution in [0.4, 0.5) is 9.59 Å². The second-order valence-corrected chi connectivity index (χ2v) is 8.54. The second-order valence-electron chi connectivity index (χ2n) is 8.54. The molecule has 0 aliphatic heterocycles. The van der Waals surface area contributed by atoms with E-state index in [4.69, 9.17) is 15.2 Å². The molecule has 0 fully saturated rings. The topological polar surface area (TPSA) is 111 Å². The Labute approximate surface area is 195 Å². The van der Waals surface area contributed by atoms with Gasteiger partial charge in [-0.3, -0.25) is 4.79 Å². The maximum Gasteiger partial charge on any atom is 0.420 e. The van der Waals surface area contributed by atoms with Gasteiger partial charge in [-0.2, -0.15) is 4.90 Å². The number of amides is 3. The van der Waals surface area contributed by atoms with Crippen LogP contribution in [0, 0.1) is 0 Å². The first-order valence-corrected chi connectivity index (χ1v) is 11.0. The molecular weight excluding hydrogens is 422 g/mol. The Morgan fingerprint density at radius 1 is 0.939 bits per heavy atom. The molecule has 33 heavy (non-hydrogen) atoms. The molecule has 3 amide bonds. The van der Waals surface area contributed by atoms with Gasteiger partial charge in [0.2, 0.25) is 5.91 Å². The summed E-state index contributed by atoms with van der Waals surface area (Å²) in [7, 11) is 0. The Balaban J connectivity index is 2.23. The molecule has 0 radical (unpaired) electrons. The lowest BCUT2D eigenvalue weighted by Crippen LogP contribution is -2.53. The monoisotopic (exact) mass is 455 g/mol. The third-order valence-electron chi connectivity index (χ3n) is 4.60.